The van der Waals surface area contributed by atoms with E-state index in [1.807, 2.05) is 13.8 Å². The maximum atomic E-state index is 12.9. The first-order valence-corrected chi connectivity index (χ1v) is 7.19. The summed E-state index contributed by atoms with van der Waals surface area (Å²) in [5, 5.41) is 3.44. The molecule has 1 fully saturated rings. The number of rotatable bonds is 4. The maximum Gasteiger partial charge on any atom is 0.282 e. The van der Waals surface area contributed by atoms with Crippen molar-refractivity contribution in [2.45, 2.75) is 39.7 Å². The Bertz CT molecular complexity index is 522. The molecule has 2 rings (SSSR count). The van der Waals surface area contributed by atoms with Gasteiger partial charge in [0.2, 0.25) is 5.91 Å². The third-order valence-electron chi connectivity index (χ3n) is 3.78. The quantitative estimate of drug-likeness (QED) is 0.798. The molecule has 8 heteroatoms. The van der Waals surface area contributed by atoms with E-state index >= 15 is 0 Å². The number of carbonyl (C=O) groups excluding carboxylic acids is 1. The van der Waals surface area contributed by atoms with Crippen LogP contribution in [0.5, 0.6) is 0 Å². The number of carbonyl (C=O) groups is 1. The van der Waals surface area contributed by atoms with Crippen molar-refractivity contribution in [2.75, 3.05) is 13.1 Å². The van der Waals surface area contributed by atoms with Gasteiger partial charge in [0.15, 0.2) is 0 Å². The van der Waals surface area contributed by atoms with Crippen LogP contribution >= 0.6 is 0 Å². The van der Waals surface area contributed by atoms with Gasteiger partial charge in [-0.2, -0.15) is 5.10 Å². The first-order valence-electron chi connectivity index (χ1n) is 7.19. The molecule has 0 radical (unpaired) electrons. The van der Waals surface area contributed by atoms with Gasteiger partial charge in [0.1, 0.15) is 17.9 Å². The molecule has 1 amide bonds. The second-order valence-electron chi connectivity index (χ2n) is 6.00. The predicted octanol–water partition coefficient (Wildman–Crippen LogP) is 3.26. The molecule has 0 N–H and O–H groups in total. The molecule has 1 aliphatic heterocycles. The minimum atomic E-state index is -2.95. The summed E-state index contributed by atoms with van der Waals surface area (Å²) in [5.41, 5.74) is -1.38. The second kappa shape index (κ2) is 6.66. The standard InChI is InChI=1S/C14H19F4N3O/c1-8-3-9(2)6-20(5-8)12(22)7-21-11(14(17)18)4-10(19-21)13(15)16/h4,8-9,13-14H,3,5-7H2,1-2H3. The minimum Gasteiger partial charge on any atom is -0.341 e. The fraction of sp³-hybridized carbons (Fsp3) is 0.714. The summed E-state index contributed by atoms with van der Waals surface area (Å²) in [7, 11) is 0. The number of amides is 1. The SMILES string of the molecule is CC1CC(C)CN(C(=O)Cn2nc(C(F)F)cc2C(F)F)C1. The molecule has 0 bridgehead atoms. The van der Waals surface area contributed by atoms with Crippen molar-refractivity contribution in [2.24, 2.45) is 11.8 Å². The highest BCUT2D eigenvalue weighted by molar-refractivity contribution is 5.76. The highest BCUT2D eigenvalue weighted by Gasteiger charge is 2.28. The molecular weight excluding hydrogens is 302 g/mol. The molecule has 1 saturated heterocycles. The molecule has 0 saturated carbocycles. The van der Waals surface area contributed by atoms with Crippen LogP contribution in [0.3, 0.4) is 0 Å². The molecule has 124 valence electrons. The van der Waals surface area contributed by atoms with Crippen LogP contribution in [0.4, 0.5) is 17.6 Å². The van der Waals surface area contributed by atoms with E-state index in [9.17, 15) is 22.4 Å². The van der Waals surface area contributed by atoms with Crippen LogP contribution in [0.2, 0.25) is 0 Å². The van der Waals surface area contributed by atoms with Gasteiger partial charge in [-0.3, -0.25) is 9.48 Å². The number of alkyl halides is 4. The molecule has 2 atom stereocenters. The van der Waals surface area contributed by atoms with Crippen molar-refractivity contribution in [1.29, 1.82) is 0 Å². The van der Waals surface area contributed by atoms with E-state index < -0.39 is 30.8 Å². The lowest BCUT2D eigenvalue weighted by atomic mass is 9.92. The number of piperidine rings is 1. The van der Waals surface area contributed by atoms with Crippen molar-refractivity contribution in [3.63, 3.8) is 0 Å². The molecule has 1 aromatic heterocycles. The van der Waals surface area contributed by atoms with Crippen LogP contribution in [0, 0.1) is 11.8 Å². The number of hydrogen-bond donors (Lipinski definition) is 0. The summed E-state index contributed by atoms with van der Waals surface area (Å²) in [6.07, 6.45) is -4.89. The molecule has 2 heterocycles. The Morgan fingerprint density at radius 3 is 2.32 bits per heavy atom. The number of hydrogen-bond acceptors (Lipinski definition) is 2. The van der Waals surface area contributed by atoms with Crippen LogP contribution in [-0.2, 0) is 11.3 Å². The zero-order valence-electron chi connectivity index (χ0n) is 12.5. The van der Waals surface area contributed by atoms with Gasteiger partial charge in [0.05, 0.1) is 0 Å². The van der Waals surface area contributed by atoms with E-state index in [-0.39, 0.29) is 5.91 Å². The Balaban J connectivity index is 2.13. The summed E-state index contributed by atoms with van der Waals surface area (Å²) in [6.45, 7) is 4.70. The zero-order valence-corrected chi connectivity index (χ0v) is 12.5. The average molecular weight is 321 g/mol. The Kier molecular flexibility index (Phi) is 5.08. The largest absolute Gasteiger partial charge is 0.341 e. The normalized spacial score (nSPS) is 22.6. The highest BCUT2D eigenvalue weighted by Crippen LogP contribution is 2.26. The first-order chi connectivity index (χ1) is 10.3. The van der Waals surface area contributed by atoms with Gasteiger partial charge < -0.3 is 4.90 Å². The molecule has 1 aromatic rings. The fourth-order valence-electron chi connectivity index (χ4n) is 2.96. The Labute approximate surface area is 126 Å². The Morgan fingerprint density at radius 1 is 1.23 bits per heavy atom. The van der Waals surface area contributed by atoms with Gasteiger partial charge in [-0.15, -0.1) is 0 Å². The zero-order chi connectivity index (χ0) is 16.4. The fourth-order valence-corrected chi connectivity index (χ4v) is 2.96. The smallest absolute Gasteiger partial charge is 0.282 e. The topological polar surface area (TPSA) is 38.1 Å². The number of nitrogens with zero attached hydrogens (tertiary/aromatic N) is 3. The lowest BCUT2D eigenvalue weighted by Crippen LogP contribution is -2.44. The van der Waals surface area contributed by atoms with Crippen LogP contribution in [0.25, 0.3) is 0 Å². The molecule has 0 aliphatic carbocycles. The van der Waals surface area contributed by atoms with Gasteiger partial charge in [0.25, 0.3) is 12.9 Å². The van der Waals surface area contributed by atoms with Crippen molar-refractivity contribution in [3.05, 3.63) is 17.5 Å². The van der Waals surface area contributed by atoms with Gasteiger partial charge in [-0.25, -0.2) is 17.6 Å². The lowest BCUT2D eigenvalue weighted by molar-refractivity contribution is -0.134. The van der Waals surface area contributed by atoms with Crippen molar-refractivity contribution >= 4 is 5.91 Å². The molecule has 4 nitrogen and oxygen atoms in total. The average Bonchev–Trinajstić information content (AvgIpc) is 2.81. The minimum absolute atomic E-state index is 0.330. The van der Waals surface area contributed by atoms with E-state index in [4.69, 9.17) is 0 Å². The number of aromatic nitrogens is 2. The predicted molar refractivity (Wildman–Crippen MR) is 71.7 cm³/mol. The lowest BCUT2D eigenvalue weighted by Gasteiger charge is -2.35. The number of likely N-dealkylation sites (tertiary alicyclic amines) is 1. The van der Waals surface area contributed by atoms with Gasteiger partial charge >= 0.3 is 0 Å². The van der Waals surface area contributed by atoms with Crippen molar-refractivity contribution in [3.8, 4) is 0 Å². The molecule has 1 aliphatic rings. The Morgan fingerprint density at radius 2 is 1.82 bits per heavy atom. The molecule has 0 spiro atoms. The molecule has 22 heavy (non-hydrogen) atoms. The van der Waals surface area contributed by atoms with Gasteiger partial charge in [-0.1, -0.05) is 13.8 Å². The molecule has 2 unspecified atom stereocenters. The Hall–Kier alpha value is -1.60. The maximum absolute atomic E-state index is 12.9. The van der Waals surface area contributed by atoms with Crippen LogP contribution < -0.4 is 0 Å². The van der Waals surface area contributed by atoms with Gasteiger partial charge in [0, 0.05) is 13.1 Å². The monoisotopic (exact) mass is 321 g/mol. The van der Waals surface area contributed by atoms with Crippen LogP contribution in [0.1, 0.15) is 44.5 Å². The summed E-state index contributed by atoms with van der Waals surface area (Å²) >= 11 is 0. The third-order valence-corrected chi connectivity index (χ3v) is 3.78. The summed E-state index contributed by atoms with van der Waals surface area (Å²) < 4.78 is 51.7. The van der Waals surface area contributed by atoms with Gasteiger partial charge in [-0.05, 0) is 24.3 Å². The summed E-state index contributed by atoms with van der Waals surface area (Å²) in [6, 6.07) is 0.657. The van der Waals surface area contributed by atoms with Crippen molar-refractivity contribution < 1.29 is 22.4 Å². The van der Waals surface area contributed by atoms with E-state index in [2.05, 4.69) is 5.10 Å². The van der Waals surface area contributed by atoms with Crippen LogP contribution in [-0.4, -0.2) is 33.7 Å². The van der Waals surface area contributed by atoms with Crippen LogP contribution in [0.15, 0.2) is 6.07 Å². The molecular formula is C14H19F4N3O. The molecule has 0 aromatic carbocycles. The second-order valence-corrected chi connectivity index (χ2v) is 6.00. The summed E-state index contributed by atoms with van der Waals surface area (Å²) in [5.74, 6) is 0.289. The van der Waals surface area contributed by atoms with E-state index in [0.717, 1.165) is 6.42 Å². The van der Waals surface area contributed by atoms with E-state index in [1.165, 1.54) is 0 Å². The van der Waals surface area contributed by atoms with Crippen molar-refractivity contribution in [1.82, 2.24) is 14.7 Å². The highest BCUT2D eigenvalue weighted by atomic mass is 19.3. The first kappa shape index (κ1) is 16.8. The van der Waals surface area contributed by atoms with E-state index in [0.29, 0.717) is 35.7 Å². The number of halogens is 4. The van der Waals surface area contributed by atoms with E-state index in [1.54, 1.807) is 4.90 Å². The summed E-state index contributed by atoms with van der Waals surface area (Å²) in [4.78, 5) is 13.8. The third kappa shape index (κ3) is 3.78.